The Balaban J connectivity index is 1.46. The quantitative estimate of drug-likeness (QED) is 0.604. The zero-order valence-electron chi connectivity index (χ0n) is 13.5. The number of hydrogen-bond donors (Lipinski definition) is 1. The van der Waals surface area contributed by atoms with Crippen molar-refractivity contribution in [3.8, 4) is 5.75 Å². The smallest absolute Gasteiger partial charge is 0.262 e. The van der Waals surface area contributed by atoms with Crippen LogP contribution in [0.3, 0.4) is 0 Å². The molecule has 1 N–H and O–H groups in total. The lowest BCUT2D eigenvalue weighted by Gasteiger charge is -2.10. The molecule has 0 unspecified atom stereocenters. The van der Waals surface area contributed by atoms with Crippen LogP contribution < -0.4 is 10.1 Å². The molecule has 1 heterocycles. The number of nitrogens with zero attached hydrogens (tertiary/aromatic N) is 1. The zero-order valence-corrected chi connectivity index (χ0v) is 13.5. The van der Waals surface area contributed by atoms with E-state index in [-0.39, 0.29) is 12.5 Å². The van der Waals surface area contributed by atoms with Crippen molar-refractivity contribution in [1.29, 1.82) is 0 Å². The highest BCUT2D eigenvalue weighted by atomic mass is 16.5. The van der Waals surface area contributed by atoms with E-state index in [1.165, 1.54) is 0 Å². The second-order valence-electron chi connectivity index (χ2n) is 5.73. The molecule has 122 valence electrons. The standard InChI is InChI=1S/C21H16N2O2/c24-21(23-17-10-11-19-16(13-17)7-4-12-22-19)14-25-20-9-3-6-15-5-1-2-8-18(15)20/h1-13H,14H2,(H,23,24). The van der Waals surface area contributed by atoms with Gasteiger partial charge in [0.15, 0.2) is 6.61 Å². The van der Waals surface area contributed by atoms with E-state index in [1.54, 1.807) is 6.20 Å². The summed E-state index contributed by atoms with van der Waals surface area (Å²) in [4.78, 5) is 16.5. The lowest BCUT2D eigenvalue weighted by molar-refractivity contribution is -0.118. The molecule has 0 fully saturated rings. The van der Waals surface area contributed by atoms with E-state index in [0.717, 1.165) is 27.4 Å². The third-order valence-electron chi connectivity index (χ3n) is 4.00. The molecular weight excluding hydrogens is 312 g/mol. The highest BCUT2D eigenvalue weighted by Gasteiger charge is 2.07. The van der Waals surface area contributed by atoms with Gasteiger partial charge in [-0.05, 0) is 35.7 Å². The van der Waals surface area contributed by atoms with E-state index in [9.17, 15) is 4.79 Å². The Morgan fingerprint density at radius 3 is 2.72 bits per heavy atom. The van der Waals surface area contributed by atoms with Crippen molar-refractivity contribution in [3.63, 3.8) is 0 Å². The van der Waals surface area contributed by atoms with Gasteiger partial charge in [0.2, 0.25) is 0 Å². The predicted molar refractivity (Wildman–Crippen MR) is 99.8 cm³/mol. The van der Waals surface area contributed by atoms with E-state index in [2.05, 4.69) is 10.3 Å². The van der Waals surface area contributed by atoms with Crippen LogP contribution >= 0.6 is 0 Å². The fraction of sp³-hybridized carbons (Fsp3) is 0.0476. The first-order valence-electron chi connectivity index (χ1n) is 8.05. The van der Waals surface area contributed by atoms with E-state index >= 15 is 0 Å². The molecule has 0 aliphatic rings. The molecule has 4 rings (SSSR count). The fourth-order valence-corrected chi connectivity index (χ4v) is 2.82. The Morgan fingerprint density at radius 2 is 1.76 bits per heavy atom. The summed E-state index contributed by atoms with van der Waals surface area (Å²) < 4.78 is 5.72. The summed E-state index contributed by atoms with van der Waals surface area (Å²) in [6, 6.07) is 23.2. The molecule has 4 aromatic rings. The van der Waals surface area contributed by atoms with Gasteiger partial charge in [-0.15, -0.1) is 0 Å². The molecule has 0 atom stereocenters. The normalized spacial score (nSPS) is 10.7. The number of rotatable bonds is 4. The average Bonchev–Trinajstić information content (AvgIpc) is 2.66. The molecule has 0 spiro atoms. The Kier molecular flexibility index (Phi) is 4.01. The number of ether oxygens (including phenoxy) is 1. The summed E-state index contributed by atoms with van der Waals surface area (Å²) in [6.07, 6.45) is 1.75. The molecule has 0 radical (unpaired) electrons. The zero-order chi connectivity index (χ0) is 17.1. The molecule has 0 aliphatic heterocycles. The Hall–Kier alpha value is -3.40. The molecule has 4 heteroatoms. The first kappa shape index (κ1) is 15.1. The van der Waals surface area contributed by atoms with Gasteiger partial charge in [-0.25, -0.2) is 0 Å². The molecule has 0 saturated heterocycles. The number of hydrogen-bond acceptors (Lipinski definition) is 3. The summed E-state index contributed by atoms with van der Waals surface area (Å²) >= 11 is 0. The van der Waals surface area contributed by atoms with Crippen LogP contribution in [0.1, 0.15) is 0 Å². The third-order valence-corrected chi connectivity index (χ3v) is 4.00. The molecule has 0 saturated carbocycles. The van der Waals surface area contributed by atoms with Gasteiger partial charge in [-0.3, -0.25) is 9.78 Å². The highest BCUT2D eigenvalue weighted by Crippen LogP contribution is 2.25. The van der Waals surface area contributed by atoms with Crippen molar-refractivity contribution in [2.75, 3.05) is 11.9 Å². The van der Waals surface area contributed by atoms with Crippen molar-refractivity contribution in [3.05, 3.63) is 79.0 Å². The minimum atomic E-state index is -0.198. The van der Waals surface area contributed by atoms with Crippen LogP contribution in [0.25, 0.3) is 21.7 Å². The van der Waals surface area contributed by atoms with E-state index in [0.29, 0.717) is 5.75 Å². The van der Waals surface area contributed by atoms with Crippen LogP contribution in [-0.2, 0) is 4.79 Å². The van der Waals surface area contributed by atoms with Crippen LogP contribution in [0.15, 0.2) is 79.0 Å². The summed E-state index contributed by atoms with van der Waals surface area (Å²) in [7, 11) is 0. The third kappa shape index (κ3) is 3.28. The minimum absolute atomic E-state index is 0.0426. The van der Waals surface area contributed by atoms with Gasteiger partial charge in [-0.1, -0.05) is 42.5 Å². The molecular formula is C21H16N2O2. The van der Waals surface area contributed by atoms with Crippen molar-refractivity contribution in [2.45, 2.75) is 0 Å². The Bertz CT molecular complexity index is 1050. The Labute approximate surface area is 145 Å². The molecule has 25 heavy (non-hydrogen) atoms. The van der Waals surface area contributed by atoms with Gasteiger partial charge in [-0.2, -0.15) is 0 Å². The molecule has 1 amide bonds. The van der Waals surface area contributed by atoms with Gasteiger partial charge >= 0.3 is 0 Å². The monoisotopic (exact) mass is 328 g/mol. The Morgan fingerprint density at radius 1 is 0.920 bits per heavy atom. The minimum Gasteiger partial charge on any atom is -0.483 e. The van der Waals surface area contributed by atoms with E-state index in [4.69, 9.17) is 4.74 Å². The van der Waals surface area contributed by atoms with Crippen LogP contribution in [0.2, 0.25) is 0 Å². The van der Waals surface area contributed by atoms with Crippen LogP contribution in [0.4, 0.5) is 5.69 Å². The van der Waals surface area contributed by atoms with Crippen molar-refractivity contribution >= 4 is 33.3 Å². The molecule has 0 aliphatic carbocycles. The van der Waals surface area contributed by atoms with Crippen LogP contribution in [0, 0.1) is 0 Å². The maximum absolute atomic E-state index is 12.2. The second kappa shape index (κ2) is 6.61. The van der Waals surface area contributed by atoms with E-state index in [1.807, 2.05) is 72.8 Å². The number of anilines is 1. The number of carbonyl (C=O) groups is 1. The number of nitrogens with one attached hydrogen (secondary N) is 1. The number of pyridine rings is 1. The van der Waals surface area contributed by atoms with Gasteiger partial charge in [0.1, 0.15) is 5.75 Å². The largest absolute Gasteiger partial charge is 0.483 e. The summed E-state index contributed by atoms with van der Waals surface area (Å²) in [5.41, 5.74) is 1.62. The lowest BCUT2D eigenvalue weighted by Crippen LogP contribution is -2.20. The van der Waals surface area contributed by atoms with Gasteiger partial charge < -0.3 is 10.1 Å². The maximum atomic E-state index is 12.2. The number of amides is 1. The van der Waals surface area contributed by atoms with E-state index < -0.39 is 0 Å². The average molecular weight is 328 g/mol. The van der Waals surface area contributed by atoms with Crippen molar-refractivity contribution in [1.82, 2.24) is 4.98 Å². The topological polar surface area (TPSA) is 51.2 Å². The van der Waals surface area contributed by atoms with Crippen molar-refractivity contribution < 1.29 is 9.53 Å². The van der Waals surface area contributed by atoms with Crippen LogP contribution in [-0.4, -0.2) is 17.5 Å². The SMILES string of the molecule is O=C(COc1cccc2ccccc12)Nc1ccc2ncccc2c1. The van der Waals surface area contributed by atoms with Gasteiger partial charge in [0.25, 0.3) is 5.91 Å². The number of aromatic nitrogens is 1. The maximum Gasteiger partial charge on any atom is 0.262 e. The molecule has 3 aromatic carbocycles. The first-order valence-corrected chi connectivity index (χ1v) is 8.05. The summed E-state index contributed by atoms with van der Waals surface area (Å²) in [5.74, 6) is 0.507. The second-order valence-corrected chi connectivity index (χ2v) is 5.73. The number of benzene rings is 3. The fourth-order valence-electron chi connectivity index (χ4n) is 2.82. The van der Waals surface area contributed by atoms with Gasteiger partial charge in [0, 0.05) is 22.7 Å². The summed E-state index contributed by atoms with van der Waals surface area (Å²) in [6.45, 7) is -0.0426. The molecule has 0 bridgehead atoms. The lowest BCUT2D eigenvalue weighted by atomic mass is 10.1. The first-order chi connectivity index (χ1) is 12.3. The van der Waals surface area contributed by atoms with Gasteiger partial charge in [0.05, 0.1) is 5.52 Å². The molecule has 4 nitrogen and oxygen atoms in total. The van der Waals surface area contributed by atoms with Crippen molar-refractivity contribution in [2.24, 2.45) is 0 Å². The summed E-state index contributed by atoms with van der Waals surface area (Å²) in [5, 5.41) is 5.92. The predicted octanol–water partition coefficient (Wildman–Crippen LogP) is 4.41. The molecule has 1 aromatic heterocycles. The highest BCUT2D eigenvalue weighted by molar-refractivity contribution is 5.95. The number of fused-ring (bicyclic) bond motifs is 2. The number of carbonyl (C=O) groups excluding carboxylic acids is 1. The van der Waals surface area contributed by atoms with Crippen LogP contribution in [0.5, 0.6) is 5.75 Å².